The molecule has 0 aliphatic carbocycles. The molecule has 0 saturated heterocycles. The molecule has 118 valence electrons. The van der Waals surface area contributed by atoms with Gasteiger partial charge in [0, 0.05) is 30.5 Å². The summed E-state index contributed by atoms with van der Waals surface area (Å²) in [6.45, 7) is 0.206. The van der Waals surface area contributed by atoms with Crippen LogP contribution in [-0.2, 0) is 6.54 Å². The van der Waals surface area contributed by atoms with Gasteiger partial charge in [-0.25, -0.2) is 4.98 Å². The number of H-pyrrole nitrogens is 1. The summed E-state index contributed by atoms with van der Waals surface area (Å²) >= 11 is 0. The average Bonchev–Trinajstić information content (AvgIpc) is 2.61. The van der Waals surface area contributed by atoms with Crippen molar-refractivity contribution in [2.45, 2.75) is 6.54 Å². The van der Waals surface area contributed by atoms with Gasteiger partial charge in [0.2, 0.25) is 0 Å². The number of pyridine rings is 3. The van der Waals surface area contributed by atoms with Gasteiger partial charge in [0.05, 0.1) is 5.39 Å². The zero-order valence-electron chi connectivity index (χ0n) is 12.3. The number of hydrogen-bond donors (Lipinski definition) is 3. The molecule has 8 nitrogen and oxygen atoms in total. The second-order valence-corrected chi connectivity index (χ2v) is 4.90. The molecule has 0 aliphatic rings. The van der Waals surface area contributed by atoms with Crippen molar-refractivity contribution in [3.63, 3.8) is 0 Å². The van der Waals surface area contributed by atoms with Gasteiger partial charge in [-0.15, -0.1) is 0 Å². The fraction of sp³-hybridized carbons (Fsp3) is 0.0625. The van der Waals surface area contributed by atoms with E-state index in [2.05, 4.69) is 20.3 Å². The largest absolute Gasteiger partial charge is 0.505 e. The van der Waals surface area contributed by atoms with Gasteiger partial charge in [-0.2, -0.15) is 5.26 Å². The molecule has 0 aliphatic heterocycles. The van der Waals surface area contributed by atoms with Crippen LogP contribution in [0.15, 0.2) is 41.6 Å². The zero-order chi connectivity index (χ0) is 17.1. The van der Waals surface area contributed by atoms with Crippen LogP contribution in [0, 0.1) is 11.3 Å². The van der Waals surface area contributed by atoms with E-state index in [0.29, 0.717) is 0 Å². The maximum absolute atomic E-state index is 12.3. The highest BCUT2D eigenvalue weighted by Gasteiger charge is 2.20. The van der Waals surface area contributed by atoms with Crippen LogP contribution in [0.5, 0.6) is 5.75 Å². The Kier molecular flexibility index (Phi) is 3.91. The quantitative estimate of drug-likeness (QED) is 0.654. The molecular weight excluding hydrogens is 310 g/mol. The van der Waals surface area contributed by atoms with Gasteiger partial charge in [-0.3, -0.25) is 14.6 Å². The first-order valence-corrected chi connectivity index (χ1v) is 6.93. The van der Waals surface area contributed by atoms with Crippen molar-refractivity contribution in [2.24, 2.45) is 0 Å². The van der Waals surface area contributed by atoms with Crippen molar-refractivity contribution in [1.82, 2.24) is 20.3 Å². The Bertz CT molecular complexity index is 1020. The molecule has 0 atom stereocenters. The number of carbonyl (C=O) groups excluding carboxylic acids is 1. The van der Waals surface area contributed by atoms with Crippen molar-refractivity contribution in [3.8, 4) is 11.8 Å². The molecule has 0 fully saturated rings. The molecule has 3 heterocycles. The highest BCUT2D eigenvalue weighted by atomic mass is 16.3. The summed E-state index contributed by atoms with van der Waals surface area (Å²) in [6, 6.07) is 6.65. The Hall–Kier alpha value is -3.73. The number of carbonyl (C=O) groups is 1. The molecule has 0 bridgehead atoms. The van der Waals surface area contributed by atoms with E-state index < -0.39 is 17.2 Å². The second kappa shape index (κ2) is 6.18. The van der Waals surface area contributed by atoms with Gasteiger partial charge in [0.15, 0.2) is 17.1 Å². The normalized spacial score (nSPS) is 10.3. The lowest BCUT2D eigenvalue weighted by molar-refractivity contribution is 0.0943. The van der Waals surface area contributed by atoms with Crippen molar-refractivity contribution >= 4 is 16.7 Å². The Morgan fingerprint density at radius 2 is 2.08 bits per heavy atom. The van der Waals surface area contributed by atoms with Crippen LogP contribution >= 0.6 is 0 Å². The Labute approximate surface area is 135 Å². The Morgan fingerprint density at radius 3 is 2.79 bits per heavy atom. The van der Waals surface area contributed by atoms with Gasteiger partial charge in [-0.1, -0.05) is 0 Å². The third kappa shape index (κ3) is 2.66. The molecular formula is C16H11N5O3. The summed E-state index contributed by atoms with van der Waals surface area (Å²) in [5.74, 6) is -1.09. The van der Waals surface area contributed by atoms with Crippen LogP contribution in [0.1, 0.15) is 21.7 Å². The lowest BCUT2D eigenvalue weighted by Crippen LogP contribution is -2.24. The molecule has 3 aromatic heterocycles. The molecule has 0 radical (unpaired) electrons. The average molecular weight is 321 g/mol. The molecule has 0 unspecified atom stereocenters. The number of nitriles is 1. The van der Waals surface area contributed by atoms with Gasteiger partial charge >= 0.3 is 0 Å². The van der Waals surface area contributed by atoms with Crippen LogP contribution < -0.4 is 10.9 Å². The summed E-state index contributed by atoms with van der Waals surface area (Å²) in [5, 5.41) is 22.1. The molecule has 8 heteroatoms. The van der Waals surface area contributed by atoms with E-state index in [0.717, 1.165) is 5.56 Å². The lowest BCUT2D eigenvalue weighted by Gasteiger charge is -2.09. The Balaban J connectivity index is 2.01. The first-order valence-electron chi connectivity index (χ1n) is 6.93. The standard InChI is InChI=1S/C16H11N5O3/c17-7-11-12-10(3-6-19-15(12)23)14(22)13(21-11)16(24)20-8-9-1-4-18-5-2-9/h1-6,22H,8H2,(H,19,23)(H,20,24). The molecule has 0 aromatic carbocycles. The van der Waals surface area contributed by atoms with Crippen LogP contribution in [-0.4, -0.2) is 26.0 Å². The monoisotopic (exact) mass is 321 g/mol. The number of rotatable bonds is 3. The predicted octanol–water partition coefficient (Wildman–Crippen LogP) is 0.825. The number of aromatic amines is 1. The SMILES string of the molecule is N#Cc1nc(C(=O)NCc2ccncc2)c(O)c2cc[nH]c(=O)c12. The highest BCUT2D eigenvalue weighted by Crippen LogP contribution is 2.26. The molecule has 24 heavy (non-hydrogen) atoms. The minimum absolute atomic E-state index is 0.0526. The third-order valence-electron chi connectivity index (χ3n) is 3.42. The number of fused-ring (bicyclic) bond motifs is 1. The molecule has 0 saturated carbocycles. The number of amides is 1. The maximum Gasteiger partial charge on any atom is 0.274 e. The summed E-state index contributed by atoms with van der Waals surface area (Å²) in [4.78, 5) is 34.2. The van der Waals surface area contributed by atoms with Crippen molar-refractivity contribution in [2.75, 3.05) is 0 Å². The van der Waals surface area contributed by atoms with Gasteiger partial charge in [0.1, 0.15) is 6.07 Å². The molecule has 3 N–H and O–H groups in total. The predicted molar refractivity (Wildman–Crippen MR) is 84.2 cm³/mol. The maximum atomic E-state index is 12.3. The number of nitrogens with one attached hydrogen (secondary N) is 2. The van der Waals surface area contributed by atoms with E-state index in [1.807, 2.05) is 0 Å². The highest BCUT2D eigenvalue weighted by molar-refractivity contribution is 6.02. The summed E-state index contributed by atoms with van der Waals surface area (Å²) in [7, 11) is 0. The van der Waals surface area contributed by atoms with Gasteiger partial charge in [-0.05, 0) is 23.8 Å². The minimum atomic E-state index is -0.650. The second-order valence-electron chi connectivity index (χ2n) is 4.90. The van der Waals surface area contributed by atoms with E-state index in [-0.39, 0.29) is 28.7 Å². The van der Waals surface area contributed by atoms with Crippen LogP contribution in [0.25, 0.3) is 10.8 Å². The minimum Gasteiger partial charge on any atom is -0.505 e. The fourth-order valence-corrected chi connectivity index (χ4v) is 2.27. The first kappa shape index (κ1) is 15.2. The van der Waals surface area contributed by atoms with Crippen LogP contribution in [0.2, 0.25) is 0 Å². The molecule has 1 amide bonds. The zero-order valence-corrected chi connectivity index (χ0v) is 12.3. The third-order valence-corrected chi connectivity index (χ3v) is 3.42. The fourth-order valence-electron chi connectivity index (χ4n) is 2.27. The first-order chi connectivity index (χ1) is 11.6. The van der Waals surface area contributed by atoms with Crippen LogP contribution in [0.3, 0.4) is 0 Å². The smallest absolute Gasteiger partial charge is 0.274 e. The Morgan fingerprint density at radius 1 is 1.33 bits per heavy atom. The molecule has 3 rings (SSSR count). The van der Waals surface area contributed by atoms with E-state index in [1.165, 1.54) is 12.3 Å². The molecule has 3 aromatic rings. The summed E-state index contributed by atoms with van der Waals surface area (Å²) in [5.41, 5.74) is -0.274. The van der Waals surface area contributed by atoms with Gasteiger partial charge in [0.25, 0.3) is 11.5 Å². The van der Waals surface area contributed by atoms with Crippen molar-refractivity contribution in [1.29, 1.82) is 5.26 Å². The topological polar surface area (TPSA) is 132 Å². The van der Waals surface area contributed by atoms with E-state index in [1.54, 1.807) is 30.6 Å². The van der Waals surface area contributed by atoms with Gasteiger partial charge < -0.3 is 15.4 Å². The van der Waals surface area contributed by atoms with Crippen molar-refractivity contribution in [3.05, 3.63) is 64.1 Å². The summed E-state index contributed by atoms with van der Waals surface area (Å²) < 4.78 is 0. The number of aromatic nitrogens is 3. The number of nitrogens with zero attached hydrogens (tertiary/aromatic N) is 3. The van der Waals surface area contributed by atoms with Crippen LogP contribution in [0.4, 0.5) is 0 Å². The van der Waals surface area contributed by atoms with E-state index in [9.17, 15) is 20.0 Å². The number of aromatic hydroxyl groups is 1. The van der Waals surface area contributed by atoms with E-state index >= 15 is 0 Å². The van der Waals surface area contributed by atoms with E-state index in [4.69, 9.17) is 0 Å². The molecule has 0 spiro atoms. The lowest BCUT2D eigenvalue weighted by atomic mass is 10.1. The number of hydrogen-bond acceptors (Lipinski definition) is 6. The summed E-state index contributed by atoms with van der Waals surface area (Å²) in [6.07, 6.45) is 4.50. The van der Waals surface area contributed by atoms with Crippen molar-refractivity contribution < 1.29 is 9.90 Å².